The van der Waals surface area contributed by atoms with Crippen LogP contribution in [0.3, 0.4) is 0 Å². The van der Waals surface area contributed by atoms with Crippen molar-refractivity contribution < 1.29 is 0 Å². The predicted octanol–water partition coefficient (Wildman–Crippen LogP) is 2.75. The molecular weight excluding hydrogens is 300 g/mol. The molecule has 2 aliphatic carbocycles. The second-order valence-corrected chi connectivity index (χ2v) is 6.57. The zero-order valence-electron chi connectivity index (χ0n) is 13.7. The zero-order chi connectivity index (χ0) is 17.5. The molecule has 1 aromatic heterocycles. The second kappa shape index (κ2) is 5.62. The maximum atomic E-state index is 9.88. The Kier molecular flexibility index (Phi) is 3.74. The molecule has 24 heavy (non-hydrogen) atoms. The Bertz CT molecular complexity index is 840. The molecule has 3 rings (SSSR count). The van der Waals surface area contributed by atoms with Crippen LogP contribution in [-0.2, 0) is 7.05 Å². The Balaban J connectivity index is 2.29. The van der Waals surface area contributed by atoms with Crippen molar-refractivity contribution in [2.75, 3.05) is 0 Å². The first-order valence-electron chi connectivity index (χ1n) is 8.01. The van der Waals surface area contributed by atoms with Crippen molar-refractivity contribution in [1.82, 2.24) is 9.78 Å². The lowest BCUT2D eigenvalue weighted by Crippen LogP contribution is -2.48. The van der Waals surface area contributed by atoms with Crippen LogP contribution in [0.4, 0.5) is 0 Å². The van der Waals surface area contributed by atoms with Gasteiger partial charge in [-0.1, -0.05) is 6.08 Å². The van der Waals surface area contributed by atoms with E-state index in [1.165, 1.54) is 0 Å². The topological polar surface area (TPSA) is 113 Å². The summed E-state index contributed by atoms with van der Waals surface area (Å²) in [5.41, 5.74) is 0.800. The van der Waals surface area contributed by atoms with Gasteiger partial charge in [0.15, 0.2) is 5.41 Å². The summed E-state index contributed by atoms with van der Waals surface area (Å²) in [5, 5.41) is 42.2. The van der Waals surface area contributed by atoms with E-state index in [4.69, 9.17) is 5.41 Å². The first-order chi connectivity index (χ1) is 11.5. The number of aromatic nitrogens is 2. The van der Waals surface area contributed by atoms with Crippen LogP contribution in [0.2, 0.25) is 0 Å². The summed E-state index contributed by atoms with van der Waals surface area (Å²) in [5.74, 6) is -1.30. The van der Waals surface area contributed by atoms with E-state index in [9.17, 15) is 15.8 Å². The zero-order valence-corrected chi connectivity index (χ0v) is 13.7. The van der Waals surface area contributed by atoms with E-state index < -0.39 is 17.3 Å². The predicted molar refractivity (Wildman–Crippen MR) is 86.6 cm³/mol. The van der Waals surface area contributed by atoms with Crippen LogP contribution in [0, 0.1) is 63.6 Å². The number of hydrogen-bond donors (Lipinski definition) is 1. The number of hydrogen-bond acceptors (Lipinski definition) is 5. The quantitative estimate of drug-likeness (QED) is 0.802. The maximum Gasteiger partial charge on any atom is 0.189 e. The minimum atomic E-state index is -1.62. The van der Waals surface area contributed by atoms with Gasteiger partial charge in [-0.25, -0.2) is 0 Å². The summed E-state index contributed by atoms with van der Waals surface area (Å²) >= 11 is 0. The molecule has 0 unspecified atom stereocenters. The van der Waals surface area contributed by atoms with E-state index in [1.807, 2.05) is 19.2 Å². The lowest BCUT2D eigenvalue weighted by Gasteiger charge is -2.45. The Morgan fingerprint density at radius 3 is 2.58 bits per heavy atom. The maximum absolute atomic E-state index is 9.88. The van der Waals surface area contributed by atoms with E-state index in [1.54, 1.807) is 11.7 Å². The molecular formula is C18H18N6. The van der Waals surface area contributed by atoms with Gasteiger partial charge >= 0.3 is 0 Å². The molecule has 0 bridgehead atoms. The molecule has 1 N–H and O–H groups in total. The summed E-state index contributed by atoms with van der Waals surface area (Å²) in [6, 6.07) is 6.35. The summed E-state index contributed by atoms with van der Waals surface area (Å²) in [7, 11) is 1.81. The summed E-state index contributed by atoms with van der Waals surface area (Å²) < 4.78 is 1.68. The molecule has 0 amide bonds. The van der Waals surface area contributed by atoms with Crippen molar-refractivity contribution >= 4 is 5.71 Å². The Hall–Kier alpha value is -2.91. The molecule has 0 saturated heterocycles. The van der Waals surface area contributed by atoms with E-state index in [0.717, 1.165) is 36.1 Å². The standard InChI is InChI=1S/C18H18N6/c1-11-15(8-24(2)23-11)16-13-6-4-3-5-12(13)14(7-19)17(22)18(16,9-20)10-21/h5,8,13-14,16,22H,3-4,6H2,1-2H3/t13-,14+,16-/m1/s1. The fourth-order valence-electron chi connectivity index (χ4n) is 4.28. The molecule has 0 radical (unpaired) electrons. The van der Waals surface area contributed by atoms with Crippen LogP contribution in [0.1, 0.15) is 36.4 Å². The fourth-order valence-corrected chi connectivity index (χ4v) is 4.28. The van der Waals surface area contributed by atoms with Crippen LogP contribution < -0.4 is 0 Å². The van der Waals surface area contributed by atoms with Gasteiger partial charge in [-0.05, 0) is 43.2 Å². The first-order valence-corrected chi connectivity index (χ1v) is 8.01. The van der Waals surface area contributed by atoms with E-state index in [-0.39, 0.29) is 11.6 Å². The van der Waals surface area contributed by atoms with Gasteiger partial charge in [0.25, 0.3) is 0 Å². The molecule has 6 nitrogen and oxygen atoms in total. The van der Waals surface area contributed by atoms with Crippen LogP contribution >= 0.6 is 0 Å². The summed E-state index contributed by atoms with van der Waals surface area (Å²) in [6.07, 6.45) is 6.54. The number of aryl methyl sites for hydroxylation is 2. The van der Waals surface area contributed by atoms with Crippen LogP contribution in [0.5, 0.6) is 0 Å². The number of nitriles is 3. The monoisotopic (exact) mass is 318 g/mol. The number of rotatable bonds is 1. The molecule has 3 atom stereocenters. The molecule has 1 saturated carbocycles. The van der Waals surface area contributed by atoms with Gasteiger partial charge < -0.3 is 5.41 Å². The fraction of sp³-hybridized carbons (Fsp3) is 0.500. The first kappa shape index (κ1) is 16.0. The Morgan fingerprint density at radius 1 is 1.33 bits per heavy atom. The molecule has 0 aliphatic heterocycles. The summed E-state index contributed by atoms with van der Waals surface area (Å²) in [4.78, 5) is 0. The van der Waals surface area contributed by atoms with Crippen LogP contribution in [-0.4, -0.2) is 15.5 Å². The third kappa shape index (κ3) is 1.99. The highest BCUT2D eigenvalue weighted by atomic mass is 15.2. The van der Waals surface area contributed by atoms with Crippen molar-refractivity contribution in [2.45, 2.75) is 32.1 Å². The normalized spacial score (nSPS) is 28.0. The van der Waals surface area contributed by atoms with Crippen molar-refractivity contribution in [3.05, 3.63) is 29.1 Å². The number of nitrogens with zero attached hydrogens (tertiary/aromatic N) is 5. The van der Waals surface area contributed by atoms with Crippen molar-refractivity contribution in [1.29, 1.82) is 21.2 Å². The van der Waals surface area contributed by atoms with Gasteiger partial charge in [0.1, 0.15) is 5.92 Å². The minimum absolute atomic E-state index is 0.0697. The smallest absolute Gasteiger partial charge is 0.189 e. The highest BCUT2D eigenvalue weighted by Gasteiger charge is 2.57. The van der Waals surface area contributed by atoms with Gasteiger partial charge in [-0.3, -0.25) is 4.68 Å². The number of allylic oxidation sites excluding steroid dienone is 2. The molecule has 1 aromatic rings. The Morgan fingerprint density at radius 2 is 2.04 bits per heavy atom. The molecule has 6 heteroatoms. The van der Waals surface area contributed by atoms with Gasteiger partial charge in [-0.15, -0.1) is 0 Å². The molecule has 2 aliphatic rings. The average Bonchev–Trinajstić information content (AvgIpc) is 2.92. The summed E-state index contributed by atoms with van der Waals surface area (Å²) in [6.45, 7) is 1.86. The molecule has 0 spiro atoms. The van der Waals surface area contributed by atoms with Crippen LogP contribution in [0.25, 0.3) is 0 Å². The van der Waals surface area contributed by atoms with Gasteiger partial charge in [0, 0.05) is 19.2 Å². The third-order valence-corrected chi connectivity index (χ3v) is 5.31. The van der Waals surface area contributed by atoms with E-state index in [0.29, 0.717) is 0 Å². The lowest BCUT2D eigenvalue weighted by molar-refractivity contribution is 0.319. The molecule has 120 valence electrons. The second-order valence-electron chi connectivity index (χ2n) is 6.57. The molecule has 1 fully saturated rings. The van der Waals surface area contributed by atoms with Gasteiger partial charge in [0.05, 0.1) is 29.6 Å². The third-order valence-electron chi connectivity index (χ3n) is 5.31. The lowest BCUT2D eigenvalue weighted by atomic mass is 9.53. The average molecular weight is 318 g/mol. The van der Waals surface area contributed by atoms with Crippen molar-refractivity contribution in [2.24, 2.45) is 24.3 Å². The largest absolute Gasteiger partial charge is 0.305 e. The Labute approximate surface area is 141 Å². The highest BCUT2D eigenvalue weighted by Crippen LogP contribution is 2.55. The van der Waals surface area contributed by atoms with Gasteiger partial charge in [0.2, 0.25) is 0 Å². The van der Waals surface area contributed by atoms with E-state index in [2.05, 4.69) is 23.3 Å². The van der Waals surface area contributed by atoms with Crippen LogP contribution in [0.15, 0.2) is 17.8 Å². The SMILES string of the molecule is Cc1nn(C)cc1[C@H]1[C@@H]2CCCC=C2[C@H](C#N)C(=N)C1(C#N)C#N. The number of fused-ring (bicyclic) bond motifs is 1. The molecule has 1 heterocycles. The minimum Gasteiger partial charge on any atom is -0.305 e. The van der Waals surface area contributed by atoms with E-state index >= 15 is 0 Å². The van der Waals surface area contributed by atoms with Crippen molar-refractivity contribution in [3.8, 4) is 18.2 Å². The number of nitrogens with one attached hydrogen (secondary N) is 1. The van der Waals surface area contributed by atoms with Gasteiger partial charge in [-0.2, -0.15) is 20.9 Å². The van der Waals surface area contributed by atoms with Crippen molar-refractivity contribution in [3.63, 3.8) is 0 Å². The molecule has 0 aromatic carbocycles. The highest BCUT2D eigenvalue weighted by molar-refractivity contribution is 6.00.